The first-order chi connectivity index (χ1) is 13.4. The number of carbonyl (C=O) groups excluding carboxylic acids is 1. The summed E-state index contributed by atoms with van der Waals surface area (Å²) in [5, 5.41) is 2.96. The van der Waals surface area contributed by atoms with Crippen molar-refractivity contribution in [3.05, 3.63) is 35.7 Å². The predicted octanol–water partition coefficient (Wildman–Crippen LogP) is 3.01. The van der Waals surface area contributed by atoms with Gasteiger partial charge in [0.05, 0.1) is 12.2 Å². The first kappa shape index (κ1) is 20.9. The number of rotatable bonds is 7. The summed E-state index contributed by atoms with van der Waals surface area (Å²) in [4.78, 5) is 22.5. The molecule has 1 fully saturated rings. The number of amides is 1. The number of oxazole rings is 1. The molecule has 0 saturated carbocycles. The van der Waals surface area contributed by atoms with Crippen LogP contribution in [-0.2, 0) is 11.3 Å². The maximum atomic E-state index is 11.9. The van der Waals surface area contributed by atoms with Crippen LogP contribution in [0.4, 0.5) is 0 Å². The van der Waals surface area contributed by atoms with Gasteiger partial charge >= 0.3 is 0 Å². The smallest absolute Gasteiger partial charge is 0.234 e. The third-order valence-corrected chi connectivity index (χ3v) is 5.63. The summed E-state index contributed by atoms with van der Waals surface area (Å²) < 4.78 is 5.92. The van der Waals surface area contributed by atoms with Gasteiger partial charge in [-0.1, -0.05) is 0 Å². The van der Waals surface area contributed by atoms with E-state index >= 15 is 0 Å². The molecule has 1 aliphatic rings. The van der Waals surface area contributed by atoms with Crippen molar-refractivity contribution in [1.82, 2.24) is 20.1 Å². The predicted molar refractivity (Wildman–Crippen MR) is 113 cm³/mol. The molecule has 0 aliphatic carbocycles. The maximum Gasteiger partial charge on any atom is 0.234 e. The zero-order valence-corrected chi connectivity index (χ0v) is 18.0. The van der Waals surface area contributed by atoms with E-state index < -0.39 is 0 Å². The van der Waals surface area contributed by atoms with Gasteiger partial charge in [-0.25, -0.2) is 4.98 Å². The summed E-state index contributed by atoms with van der Waals surface area (Å²) in [5.41, 5.74) is 2.00. The highest BCUT2D eigenvalue weighted by Crippen LogP contribution is 2.25. The van der Waals surface area contributed by atoms with Crippen molar-refractivity contribution in [2.24, 2.45) is 0 Å². The fraction of sp³-hybridized carbons (Fsp3) is 0.524. The molecule has 2 aromatic rings. The van der Waals surface area contributed by atoms with Crippen LogP contribution in [0.5, 0.6) is 0 Å². The van der Waals surface area contributed by atoms with E-state index in [4.69, 9.17) is 9.40 Å². The van der Waals surface area contributed by atoms with E-state index in [-0.39, 0.29) is 11.9 Å². The number of carbonyl (C=O) groups is 1. The highest BCUT2D eigenvalue weighted by molar-refractivity contribution is 7.98. The molecule has 1 aromatic carbocycles. The Morgan fingerprint density at radius 2 is 1.82 bits per heavy atom. The number of hydrogen-bond acceptors (Lipinski definition) is 6. The summed E-state index contributed by atoms with van der Waals surface area (Å²) in [6, 6.07) is 8.49. The molecule has 0 unspecified atom stereocenters. The third kappa shape index (κ3) is 5.59. The molecule has 3 rings (SSSR count). The lowest BCUT2D eigenvalue weighted by Gasteiger charge is -2.34. The van der Waals surface area contributed by atoms with Gasteiger partial charge in [-0.2, -0.15) is 0 Å². The van der Waals surface area contributed by atoms with E-state index in [1.54, 1.807) is 11.8 Å². The first-order valence-electron chi connectivity index (χ1n) is 9.79. The normalized spacial score (nSPS) is 15.9. The van der Waals surface area contributed by atoms with Gasteiger partial charge in [0.25, 0.3) is 0 Å². The molecule has 28 heavy (non-hydrogen) atoms. The fourth-order valence-corrected chi connectivity index (χ4v) is 3.73. The van der Waals surface area contributed by atoms with E-state index in [9.17, 15) is 4.79 Å². The summed E-state index contributed by atoms with van der Waals surface area (Å²) in [5.74, 6) is 1.67. The number of aryl methyl sites for hydroxylation is 1. The molecular weight excluding hydrogens is 372 g/mol. The Morgan fingerprint density at radius 3 is 2.43 bits per heavy atom. The minimum atomic E-state index is 0.105. The average molecular weight is 403 g/mol. The second-order valence-corrected chi connectivity index (χ2v) is 8.40. The van der Waals surface area contributed by atoms with E-state index in [1.807, 2.05) is 20.8 Å². The molecule has 1 aromatic heterocycles. The summed E-state index contributed by atoms with van der Waals surface area (Å²) >= 11 is 1.72. The SMILES string of the molecule is CSc1ccc(-c2nc(CN3CCN(CC(=O)NC(C)C)CC3)c(C)o2)cc1. The van der Waals surface area contributed by atoms with Crippen molar-refractivity contribution in [1.29, 1.82) is 0 Å². The van der Waals surface area contributed by atoms with Crippen LogP contribution in [0.3, 0.4) is 0 Å². The third-order valence-electron chi connectivity index (χ3n) is 4.88. The maximum absolute atomic E-state index is 11.9. The zero-order chi connectivity index (χ0) is 20.1. The molecule has 2 heterocycles. The van der Waals surface area contributed by atoms with Crippen molar-refractivity contribution < 1.29 is 9.21 Å². The standard InChI is InChI=1S/C21H30N4O2S/c1-15(2)22-20(26)14-25-11-9-24(10-12-25)13-19-16(3)27-21(23-19)17-5-7-18(28-4)8-6-17/h5-8,15H,9-14H2,1-4H3,(H,22,26). The number of nitrogens with zero attached hydrogens (tertiary/aromatic N) is 3. The molecule has 6 nitrogen and oxygen atoms in total. The molecule has 0 bridgehead atoms. The highest BCUT2D eigenvalue weighted by Gasteiger charge is 2.21. The lowest BCUT2D eigenvalue weighted by Crippen LogP contribution is -2.49. The van der Waals surface area contributed by atoms with Crippen LogP contribution in [0.15, 0.2) is 33.6 Å². The summed E-state index contributed by atoms with van der Waals surface area (Å²) in [6.45, 7) is 10.9. The van der Waals surface area contributed by atoms with Crippen molar-refractivity contribution >= 4 is 17.7 Å². The van der Waals surface area contributed by atoms with Crippen molar-refractivity contribution in [2.75, 3.05) is 39.0 Å². The number of aromatic nitrogens is 1. The molecule has 152 valence electrons. The van der Waals surface area contributed by atoms with Gasteiger partial charge in [0.15, 0.2) is 0 Å². The van der Waals surface area contributed by atoms with Gasteiger partial charge in [0.1, 0.15) is 5.76 Å². The van der Waals surface area contributed by atoms with Gasteiger partial charge < -0.3 is 9.73 Å². The lowest BCUT2D eigenvalue weighted by atomic mass is 10.2. The molecule has 1 amide bonds. The van der Waals surface area contributed by atoms with E-state index in [0.717, 1.165) is 49.7 Å². The molecule has 0 atom stereocenters. The van der Waals surface area contributed by atoms with Crippen LogP contribution in [-0.4, -0.2) is 65.7 Å². The Morgan fingerprint density at radius 1 is 1.18 bits per heavy atom. The highest BCUT2D eigenvalue weighted by atomic mass is 32.2. The average Bonchev–Trinajstić information content (AvgIpc) is 3.03. The molecule has 1 N–H and O–H groups in total. The Bertz CT molecular complexity index is 780. The molecule has 1 aliphatic heterocycles. The number of hydrogen-bond donors (Lipinski definition) is 1. The molecule has 0 spiro atoms. The van der Waals surface area contributed by atoms with Crippen LogP contribution in [0.25, 0.3) is 11.5 Å². The van der Waals surface area contributed by atoms with Crippen molar-refractivity contribution in [3.63, 3.8) is 0 Å². The largest absolute Gasteiger partial charge is 0.441 e. The number of nitrogens with one attached hydrogen (secondary N) is 1. The van der Waals surface area contributed by atoms with Crippen LogP contribution in [0.1, 0.15) is 25.3 Å². The monoisotopic (exact) mass is 402 g/mol. The van der Waals surface area contributed by atoms with Gasteiger partial charge in [-0.05, 0) is 51.3 Å². The van der Waals surface area contributed by atoms with E-state index in [1.165, 1.54) is 4.90 Å². The zero-order valence-electron chi connectivity index (χ0n) is 17.2. The Hall–Kier alpha value is -1.83. The van der Waals surface area contributed by atoms with Crippen LogP contribution >= 0.6 is 11.8 Å². The molecule has 0 radical (unpaired) electrons. The van der Waals surface area contributed by atoms with Gasteiger partial charge in [-0.15, -0.1) is 11.8 Å². The minimum absolute atomic E-state index is 0.105. The van der Waals surface area contributed by atoms with Gasteiger partial charge in [0, 0.05) is 49.2 Å². The van der Waals surface area contributed by atoms with Crippen LogP contribution < -0.4 is 5.32 Å². The van der Waals surface area contributed by atoms with Crippen LogP contribution in [0, 0.1) is 6.92 Å². The molecular formula is C21H30N4O2S. The Labute approximate surface area is 171 Å². The molecule has 7 heteroatoms. The second-order valence-electron chi connectivity index (χ2n) is 7.52. The molecule has 1 saturated heterocycles. The van der Waals surface area contributed by atoms with Gasteiger partial charge in [0.2, 0.25) is 11.8 Å². The number of piperazine rings is 1. The Balaban J connectivity index is 1.54. The topological polar surface area (TPSA) is 61.6 Å². The van der Waals surface area contributed by atoms with E-state index in [0.29, 0.717) is 12.4 Å². The lowest BCUT2D eigenvalue weighted by molar-refractivity contribution is -0.123. The number of thioether (sulfide) groups is 1. The van der Waals surface area contributed by atoms with Gasteiger partial charge in [-0.3, -0.25) is 14.6 Å². The fourth-order valence-electron chi connectivity index (χ4n) is 3.32. The summed E-state index contributed by atoms with van der Waals surface area (Å²) in [7, 11) is 0. The number of benzene rings is 1. The minimum Gasteiger partial charge on any atom is -0.441 e. The van der Waals surface area contributed by atoms with Crippen LogP contribution in [0.2, 0.25) is 0 Å². The Kier molecular flexibility index (Phi) is 7.15. The van der Waals surface area contributed by atoms with E-state index in [2.05, 4.69) is 45.6 Å². The second kappa shape index (κ2) is 9.58. The van der Waals surface area contributed by atoms with Crippen molar-refractivity contribution in [3.8, 4) is 11.5 Å². The van der Waals surface area contributed by atoms with Crippen molar-refractivity contribution in [2.45, 2.75) is 38.3 Å². The first-order valence-corrected chi connectivity index (χ1v) is 11.0. The quantitative estimate of drug-likeness (QED) is 0.719. The summed E-state index contributed by atoms with van der Waals surface area (Å²) in [6.07, 6.45) is 2.07.